The van der Waals surface area contributed by atoms with Crippen LogP contribution >= 0.6 is 0 Å². The molecule has 5 heteroatoms. The Labute approximate surface area is 153 Å². The fourth-order valence-electron chi connectivity index (χ4n) is 3.08. The van der Waals surface area contributed by atoms with Gasteiger partial charge in [0, 0.05) is 5.56 Å². The van der Waals surface area contributed by atoms with Crippen LogP contribution < -0.4 is 4.72 Å². The van der Waals surface area contributed by atoms with Crippen molar-refractivity contribution in [3.8, 4) is 11.1 Å². The second-order valence-corrected chi connectivity index (χ2v) is 7.89. The van der Waals surface area contributed by atoms with Crippen LogP contribution in [0.2, 0.25) is 0 Å². The minimum Gasteiger partial charge on any atom is -0.263 e. The van der Waals surface area contributed by atoms with Gasteiger partial charge in [0.25, 0.3) is 10.0 Å². The Morgan fingerprint density at radius 1 is 0.808 bits per heavy atom. The summed E-state index contributed by atoms with van der Waals surface area (Å²) in [6.45, 7) is 1.96. The van der Waals surface area contributed by atoms with Crippen molar-refractivity contribution < 1.29 is 8.42 Å². The first-order chi connectivity index (χ1) is 12.5. The molecule has 1 N–H and O–H groups in total. The maximum absolute atomic E-state index is 12.2. The quantitative estimate of drug-likeness (QED) is 0.761. The van der Waals surface area contributed by atoms with Crippen molar-refractivity contribution in [2.45, 2.75) is 17.9 Å². The Morgan fingerprint density at radius 3 is 2.15 bits per heavy atom. The number of hydrogen-bond acceptors (Lipinski definition) is 3. The first kappa shape index (κ1) is 16.5. The van der Waals surface area contributed by atoms with E-state index in [0.717, 1.165) is 16.7 Å². The van der Waals surface area contributed by atoms with E-state index in [0.29, 0.717) is 11.4 Å². The van der Waals surface area contributed by atoms with Gasteiger partial charge < -0.3 is 0 Å². The van der Waals surface area contributed by atoms with Gasteiger partial charge in [-0.15, -0.1) is 0 Å². The number of hydrogen-bond donors (Lipinski definition) is 1. The molecule has 130 valence electrons. The normalized spacial score (nSPS) is 17.5. The summed E-state index contributed by atoms with van der Waals surface area (Å²) in [5.41, 5.74) is 3.96. The lowest BCUT2D eigenvalue weighted by Gasteiger charge is -2.10. The molecule has 0 radical (unpaired) electrons. The monoisotopic (exact) mass is 362 g/mol. The second-order valence-electron chi connectivity index (χ2n) is 6.24. The highest BCUT2D eigenvalue weighted by molar-refractivity contribution is 7.90. The van der Waals surface area contributed by atoms with Gasteiger partial charge in [-0.05, 0) is 35.7 Å². The van der Waals surface area contributed by atoms with Crippen molar-refractivity contribution in [2.24, 2.45) is 4.99 Å². The first-order valence-electron chi connectivity index (χ1n) is 8.40. The summed E-state index contributed by atoms with van der Waals surface area (Å²) < 4.78 is 26.9. The first-order valence-corrected chi connectivity index (χ1v) is 9.88. The lowest BCUT2D eigenvalue weighted by atomic mass is 10.0. The van der Waals surface area contributed by atoms with E-state index in [1.54, 1.807) is 18.2 Å². The highest BCUT2D eigenvalue weighted by atomic mass is 32.2. The Kier molecular flexibility index (Phi) is 4.09. The molecule has 0 saturated carbocycles. The van der Waals surface area contributed by atoms with Crippen LogP contribution in [0.4, 0.5) is 0 Å². The molecule has 4 nitrogen and oxygen atoms in total. The zero-order valence-corrected chi connectivity index (χ0v) is 15.1. The van der Waals surface area contributed by atoms with Gasteiger partial charge in [-0.2, -0.15) is 0 Å². The lowest BCUT2D eigenvalue weighted by Crippen LogP contribution is -2.22. The molecule has 0 bridgehead atoms. The van der Waals surface area contributed by atoms with Crippen molar-refractivity contribution in [1.82, 2.24) is 4.72 Å². The third-order valence-electron chi connectivity index (χ3n) is 4.49. The minimum atomic E-state index is -3.51. The van der Waals surface area contributed by atoms with Gasteiger partial charge in [-0.25, -0.2) is 8.42 Å². The molecule has 1 aliphatic heterocycles. The molecule has 3 aromatic carbocycles. The number of benzene rings is 3. The van der Waals surface area contributed by atoms with Gasteiger partial charge in [0.1, 0.15) is 5.84 Å². The molecular weight excluding hydrogens is 344 g/mol. The summed E-state index contributed by atoms with van der Waals surface area (Å²) in [5, 5.41) is 0. The number of rotatable bonds is 3. The van der Waals surface area contributed by atoms with Crippen molar-refractivity contribution in [2.75, 3.05) is 0 Å². The molecule has 0 aliphatic carbocycles. The average molecular weight is 362 g/mol. The Morgan fingerprint density at radius 2 is 1.42 bits per heavy atom. The molecule has 3 aromatic rings. The van der Waals surface area contributed by atoms with E-state index in [9.17, 15) is 8.42 Å². The van der Waals surface area contributed by atoms with Gasteiger partial charge in [-0.3, -0.25) is 9.71 Å². The molecule has 4 rings (SSSR count). The average Bonchev–Trinajstić information content (AvgIpc) is 2.93. The molecule has 26 heavy (non-hydrogen) atoms. The number of nitrogens with zero attached hydrogens (tertiary/aromatic N) is 1. The van der Waals surface area contributed by atoms with E-state index in [1.807, 2.05) is 43.3 Å². The molecule has 0 aromatic heterocycles. The number of sulfonamides is 1. The highest BCUT2D eigenvalue weighted by Gasteiger charge is 2.30. The van der Waals surface area contributed by atoms with Crippen molar-refractivity contribution in [1.29, 1.82) is 0 Å². The summed E-state index contributed by atoms with van der Waals surface area (Å²) in [7, 11) is -3.51. The predicted octanol–water partition coefficient (Wildman–Crippen LogP) is 4.15. The van der Waals surface area contributed by atoms with Crippen LogP contribution in [0.25, 0.3) is 11.1 Å². The van der Waals surface area contributed by atoms with Crippen molar-refractivity contribution in [3.63, 3.8) is 0 Å². The van der Waals surface area contributed by atoms with Gasteiger partial charge in [0.15, 0.2) is 0 Å². The zero-order valence-electron chi connectivity index (χ0n) is 14.3. The largest absolute Gasteiger partial charge is 0.263 e. The Hall–Kier alpha value is -2.92. The standard InChI is InChI=1S/C21H18N2O2S/c1-15(16-11-13-18(14-12-16)17-7-3-2-4-8-17)22-21-19-9-5-6-10-20(19)26(24,25)23-21/h2-15H,1H3,(H,22,23)/t15-/m1/s1. The van der Waals surface area contributed by atoms with Crippen LogP contribution in [0, 0.1) is 0 Å². The highest BCUT2D eigenvalue weighted by Crippen LogP contribution is 2.27. The van der Waals surface area contributed by atoms with E-state index in [1.165, 1.54) is 0 Å². The number of aliphatic imine (C=N–C) groups is 1. The van der Waals surface area contributed by atoms with E-state index >= 15 is 0 Å². The number of nitrogens with one attached hydrogen (secondary N) is 1. The predicted molar refractivity (Wildman–Crippen MR) is 104 cm³/mol. The third kappa shape index (κ3) is 3.02. The van der Waals surface area contributed by atoms with Crippen LogP contribution in [0.3, 0.4) is 0 Å². The summed E-state index contributed by atoms with van der Waals surface area (Å²) in [6, 6.07) is 25.1. The van der Waals surface area contributed by atoms with Crippen LogP contribution in [-0.2, 0) is 10.0 Å². The molecule has 0 fully saturated rings. The van der Waals surface area contributed by atoms with Crippen LogP contribution in [0.5, 0.6) is 0 Å². The van der Waals surface area contributed by atoms with Crippen molar-refractivity contribution >= 4 is 15.9 Å². The van der Waals surface area contributed by atoms with E-state index in [4.69, 9.17) is 0 Å². The molecule has 0 spiro atoms. The smallest absolute Gasteiger partial charge is 0.263 e. The number of fused-ring (bicyclic) bond motifs is 1. The van der Waals surface area contributed by atoms with E-state index in [-0.39, 0.29) is 10.9 Å². The summed E-state index contributed by atoms with van der Waals surface area (Å²) in [4.78, 5) is 4.89. The molecule has 0 unspecified atom stereocenters. The molecular formula is C21H18N2O2S. The third-order valence-corrected chi connectivity index (χ3v) is 5.88. The molecule has 1 atom stereocenters. The van der Waals surface area contributed by atoms with Crippen LogP contribution in [0.15, 0.2) is 88.8 Å². The summed E-state index contributed by atoms with van der Waals surface area (Å²) in [6.07, 6.45) is 0. The van der Waals surface area contributed by atoms with Gasteiger partial charge in [-0.1, -0.05) is 66.7 Å². The van der Waals surface area contributed by atoms with E-state index < -0.39 is 10.0 Å². The fraction of sp³-hybridized carbons (Fsp3) is 0.0952. The maximum atomic E-state index is 12.2. The summed E-state index contributed by atoms with van der Waals surface area (Å²) in [5.74, 6) is 0.403. The summed E-state index contributed by atoms with van der Waals surface area (Å²) >= 11 is 0. The fourth-order valence-corrected chi connectivity index (χ4v) is 4.32. The zero-order chi connectivity index (χ0) is 18.1. The Bertz CT molecular complexity index is 1070. The lowest BCUT2D eigenvalue weighted by molar-refractivity contribution is 0.595. The molecule has 1 aliphatic rings. The van der Waals surface area contributed by atoms with Gasteiger partial charge in [0.2, 0.25) is 0 Å². The van der Waals surface area contributed by atoms with Crippen LogP contribution in [-0.4, -0.2) is 14.3 Å². The molecule has 0 saturated heterocycles. The van der Waals surface area contributed by atoms with E-state index in [2.05, 4.69) is 34.0 Å². The minimum absolute atomic E-state index is 0.163. The van der Waals surface area contributed by atoms with Gasteiger partial charge in [0.05, 0.1) is 10.9 Å². The Balaban J connectivity index is 1.63. The van der Waals surface area contributed by atoms with Gasteiger partial charge >= 0.3 is 0 Å². The number of amidine groups is 1. The van der Waals surface area contributed by atoms with Crippen LogP contribution in [0.1, 0.15) is 24.1 Å². The molecule has 0 amide bonds. The maximum Gasteiger partial charge on any atom is 0.263 e. The SMILES string of the molecule is C[C@@H](N=C1NS(=O)(=O)c2ccccc21)c1ccc(-c2ccccc2)cc1. The molecule has 1 heterocycles. The van der Waals surface area contributed by atoms with Crippen molar-refractivity contribution in [3.05, 3.63) is 90.0 Å². The topological polar surface area (TPSA) is 58.5 Å². The second kappa shape index (κ2) is 6.42.